The van der Waals surface area contributed by atoms with Crippen molar-refractivity contribution in [1.29, 1.82) is 0 Å². The number of Topliss-reactive ketones (excluding diaryl/α,β-unsaturated/α-hetero) is 1. The molecule has 1 aliphatic heterocycles. The predicted octanol–water partition coefficient (Wildman–Crippen LogP) is 6.07. The normalized spacial score (nSPS) is 23.5. The van der Waals surface area contributed by atoms with Gasteiger partial charge in [-0.15, -0.1) is 0 Å². The second-order valence-electron chi connectivity index (χ2n) is 10.7. The molecule has 1 fully saturated rings. The molecule has 3 aliphatic rings. The molecule has 1 saturated carbocycles. The van der Waals surface area contributed by atoms with E-state index in [9.17, 15) is 14.4 Å². The van der Waals surface area contributed by atoms with Gasteiger partial charge in [0.1, 0.15) is 12.0 Å². The van der Waals surface area contributed by atoms with Crippen molar-refractivity contribution in [2.24, 2.45) is 10.9 Å². The first kappa shape index (κ1) is 26.9. The minimum atomic E-state index is -0.729. The molecule has 0 spiro atoms. The number of ketones is 1. The third kappa shape index (κ3) is 5.68. The highest BCUT2D eigenvalue weighted by Crippen LogP contribution is 2.48. The van der Waals surface area contributed by atoms with Gasteiger partial charge in [-0.2, -0.15) is 0 Å². The average molecular weight is 530 g/mol. The lowest BCUT2D eigenvalue weighted by atomic mass is 9.69. The minimum Gasteiger partial charge on any atom is -0.493 e. The Bertz CT molecular complexity index is 1320. The number of ether oxygens (including phenoxy) is 3. The zero-order valence-corrected chi connectivity index (χ0v) is 22.8. The standard InChI is InChI=1S/C32H35NO6/c1-19-29(32(36)39-24-12-8-5-9-13-24)30(22-14-15-27(38-20(2)34)28(18-22)37-3)31-25(33-19)16-23(17-26(31)35)21-10-6-4-7-11-21/h4,6-7,10-11,14-15,18,23-24,29-30H,5,8-9,12-13,16-17H2,1-3H3/t23-,29?,30+/m0/s1. The molecule has 2 aromatic carbocycles. The predicted molar refractivity (Wildman–Crippen MR) is 147 cm³/mol. The van der Waals surface area contributed by atoms with Crippen LogP contribution in [0.15, 0.2) is 64.8 Å². The maximum Gasteiger partial charge on any atom is 0.315 e. The Labute approximate surface area is 229 Å². The molecule has 0 bridgehead atoms. The molecule has 7 heteroatoms. The van der Waals surface area contributed by atoms with E-state index in [0.717, 1.165) is 48.9 Å². The van der Waals surface area contributed by atoms with Crippen molar-refractivity contribution in [3.63, 3.8) is 0 Å². The van der Waals surface area contributed by atoms with E-state index in [4.69, 9.17) is 19.2 Å². The Hall–Kier alpha value is -3.74. The molecule has 0 saturated heterocycles. The third-order valence-electron chi connectivity index (χ3n) is 8.05. The van der Waals surface area contributed by atoms with Crippen molar-refractivity contribution in [2.45, 2.75) is 76.7 Å². The summed E-state index contributed by atoms with van der Waals surface area (Å²) in [5.74, 6) is -1.45. The number of esters is 2. The summed E-state index contributed by atoms with van der Waals surface area (Å²) in [4.78, 5) is 44.1. The summed E-state index contributed by atoms with van der Waals surface area (Å²) in [5.41, 5.74) is 3.77. The number of hydrogen-bond donors (Lipinski definition) is 0. The first-order valence-electron chi connectivity index (χ1n) is 13.8. The van der Waals surface area contributed by atoms with Crippen LogP contribution in [-0.4, -0.2) is 36.6 Å². The summed E-state index contributed by atoms with van der Waals surface area (Å²) < 4.78 is 16.9. The number of nitrogens with zero attached hydrogens (tertiary/aromatic N) is 1. The van der Waals surface area contributed by atoms with Crippen LogP contribution < -0.4 is 9.47 Å². The maximum absolute atomic E-state index is 13.8. The Morgan fingerprint density at radius 3 is 2.36 bits per heavy atom. The van der Waals surface area contributed by atoms with E-state index in [1.54, 1.807) is 18.2 Å². The molecule has 7 nitrogen and oxygen atoms in total. The molecule has 3 atom stereocenters. The van der Waals surface area contributed by atoms with Crippen molar-refractivity contribution in [2.75, 3.05) is 7.11 Å². The summed E-state index contributed by atoms with van der Waals surface area (Å²) in [6.45, 7) is 3.18. The van der Waals surface area contributed by atoms with Crippen LogP contribution >= 0.6 is 0 Å². The topological polar surface area (TPSA) is 91.3 Å². The van der Waals surface area contributed by atoms with E-state index in [1.807, 2.05) is 37.3 Å². The number of benzene rings is 2. The molecule has 0 N–H and O–H groups in total. The van der Waals surface area contributed by atoms with Gasteiger partial charge in [0.2, 0.25) is 0 Å². The van der Waals surface area contributed by atoms with Crippen molar-refractivity contribution < 1.29 is 28.6 Å². The second-order valence-corrected chi connectivity index (χ2v) is 10.7. The minimum absolute atomic E-state index is 0.00940. The fourth-order valence-corrected chi connectivity index (χ4v) is 6.22. The SMILES string of the molecule is COc1cc([C@H]2C3=C(C[C@H](c4ccccc4)CC3=O)N=C(C)C2C(=O)OC2CCCCC2)ccc1OC(C)=O. The Morgan fingerprint density at radius 1 is 0.923 bits per heavy atom. The highest BCUT2D eigenvalue weighted by atomic mass is 16.6. The van der Waals surface area contributed by atoms with Gasteiger partial charge in [0.15, 0.2) is 17.3 Å². The van der Waals surface area contributed by atoms with Crippen LogP contribution in [0.3, 0.4) is 0 Å². The molecule has 2 aromatic rings. The van der Waals surface area contributed by atoms with Crippen molar-refractivity contribution in [3.05, 3.63) is 70.9 Å². The summed E-state index contributed by atoms with van der Waals surface area (Å²) in [6, 6.07) is 15.2. The first-order valence-corrected chi connectivity index (χ1v) is 13.8. The van der Waals surface area contributed by atoms with Crippen molar-refractivity contribution in [3.8, 4) is 11.5 Å². The lowest BCUT2D eigenvalue weighted by Gasteiger charge is -2.37. The highest BCUT2D eigenvalue weighted by molar-refractivity contribution is 6.09. The Balaban J connectivity index is 1.56. The third-order valence-corrected chi connectivity index (χ3v) is 8.05. The molecule has 0 amide bonds. The molecule has 0 aromatic heterocycles. The molecular weight excluding hydrogens is 494 g/mol. The number of aliphatic imine (C=N–C) groups is 1. The van der Waals surface area contributed by atoms with Gasteiger partial charge in [-0.05, 0) is 68.2 Å². The molecule has 2 aliphatic carbocycles. The number of carbonyl (C=O) groups excluding carboxylic acids is 3. The Morgan fingerprint density at radius 2 is 1.67 bits per heavy atom. The summed E-state index contributed by atoms with van der Waals surface area (Å²) >= 11 is 0. The molecule has 0 radical (unpaired) electrons. The van der Waals surface area contributed by atoms with Gasteiger partial charge in [-0.25, -0.2) is 0 Å². The van der Waals surface area contributed by atoms with Crippen LogP contribution in [0.5, 0.6) is 11.5 Å². The second kappa shape index (κ2) is 11.6. The largest absolute Gasteiger partial charge is 0.493 e. The quantitative estimate of drug-likeness (QED) is 0.333. The van der Waals surface area contributed by atoms with E-state index in [-0.39, 0.29) is 29.5 Å². The average Bonchev–Trinajstić information content (AvgIpc) is 2.93. The first-order chi connectivity index (χ1) is 18.9. The fourth-order valence-electron chi connectivity index (χ4n) is 6.22. The number of rotatable bonds is 6. The molecule has 1 unspecified atom stereocenters. The van der Waals surface area contributed by atoms with Gasteiger partial charge in [0.05, 0.1) is 7.11 Å². The number of carbonyl (C=O) groups is 3. The van der Waals surface area contributed by atoms with Crippen LogP contribution in [0.25, 0.3) is 0 Å². The van der Waals surface area contributed by atoms with E-state index < -0.39 is 17.8 Å². The van der Waals surface area contributed by atoms with Crippen molar-refractivity contribution >= 4 is 23.4 Å². The summed E-state index contributed by atoms with van der Waals surface area (Å²) in [6.07, 6.45) is 5.81. The highest BCUT2D eigenvalue weighted by Gasteiger charge is 2.45. The molecule has 5 rings (SSSR count). The zero-order valence-electron chi connectivity index (χ0n) is 22.8. The van der Waals surface area contributed by atoms with E-state index in [0.29, 0.717) is 29.9 Å². The van der Waals surface area contributed by atoms with Crippen LogP contribution in [0, 0.1) is 5.92 Å². The molecule has 204 valence electrons. The zero-order chi connectivity index (χ0) is 27.5. The number of methoxy groups -OCH3 is 1. The number of hydrogen-bond acceptors (Lipinski definition) is 7. The fraction of sp³-hybridized carbons (Fsp3) is 0.438. The molecule has 1 heterocycles. The number of allylic oxidation sites excluding steroid dienone is 2. The van der Waals surface area contributed by atoms with Gasteiger partial charge in [0.25, 0.3) is 0 Å². The van der Waals surface area contributed by atoms with E-state index >= 15 is 0 Å². The summed E-state index contributed by atoms with van der Waals surface area (Å²) in [5, 5.41) is 0. The van der Waals surface area contributed by atoms with Crippen LogP contribution in [-0.2, 0) is 19.1 Å². The van der Waals surface area contributed by atoms with Gasteiger partial charge >= 0.3 is 11.9 Å². The van der Waals surface area contributed by atoms with Gasteiger partial charge in [0, 0.05) is 36.2 Å². The smallest absolute Gasteiger partial charge is 0.315 e. The van der Waals surface area contributed by atoms with Gasteiger partial charge < -0.3 is 14.2 Å². The van der Waals surface area contributed by atoms with Crippen molar-refractivity contribution in [1.82, 2.24) is 0 Å². The monoisotopic (exact) mass is 529 g/mol. The van der Waals surface area contributed by atoms with Crippen LogP contribution in [0.2, 0.25) is 0 Å². The molecular formula is C32H35NO6. The van der Waals surface area contributed by atoms with E-state index in [1.165, 1.54) is 14.0 Å². The van der Waals surface area contributed by atoms with Crippen LogP contribution in [0.1, 0.15) is 81.8 Å². The Kier molecular flexibility index (Phi) is 7.96. The lowest BCUT2D eigenvalue weighted by molar-refractivity contribution is -0.153. The van der Waals surface area contributed by atoms with Gasteiger partial charge in [-0.1, -0.05) is 42.8 Å². The summed E-state index contributed by atoms with van der Waals surface area (Å²) in [7, 11) is 1.50. The lowest BCUT2D eigenvalue weighted by Crippen LogP contribution is -2.39. The maximum atomic E-state index is 13.8. The van der Waals surface area contributed by atoms with E-state index in [2.05, 4.69) is 0 Å². The van der Waals surface area contributed by atoms with Crippen LogP contribution in [0.4, 0.5) is 0 Å². The molecule has 39 heavy (non-hydrogen) atoms. The van der Waals surface area contributed by atoms with Gasteiger partial charge in [-0.3, -0.25) is 19.4 Å².